The fourth-order valence-electron chi connectivity index (χ4n) is 4.42. The molecule has 0 bridgehead atoms. The normalized spacial score (nSPS) is 12.9. The minimum Gasteiger partial charge on any atom is -0.480 e. The molecule has 44 heavy (non-hydrogen) atoms. The molecule has 0 saturated heterocycles. The Hall–Kier alpha value is -3.90. The Balaban J connectivity index is 0.00000330. The lowest BCUT2D eigenvalue weighted by Crippen LogP contribution is -2.50. The number of amides is 2. The van der Waals surface area contributed by atoms with Gasteiger partial charge in [-0.2, -0.15) is 4.39 Å². The second-order valence-electron chi connectivity index (χ2n) is 10.4. The average molecular weight is 639 g/mol. The van der Waals surface area contributed by atoms with Gasteiger partial charge in [0.1, 0.15) is 12.6 Å². The summed E-state index contributed by atoms with van der Waals surface area (Å²) in [6.45, 7) is 5.05. The van der Waals surface area contributed by atoms with Gasteiger partial charge in [-0.3, -0.25) is 19.2 Å². The first-order chi connectivity index (χ1) is 20.7. The molecular formula is C31H38ClF3N4O5. The second-order valence-corrected chi connectivity index (χ2v) is 10.9. The van der Waals surface area contributed by atoms with E-state index in [1.54, 1.807) is 25.1 Å². The maximum Gasteiger partial charge on any atom is 0.259 e. The van der Waals surface area contributed by atoms with Gasteiger partial charge in [0.25, 0.3) is 5.56 Å². The zero-order valence-electron chi connectivity index (χ0n) is 25.8. The summed E-state index contributed by atoms with van der Waals surface area (Å²) in [7, 11) is 4.40. The number of fused-ring (bicyclic) bond motifs is 1. The third-order valence-corrected chi connectivity index (χ3v) is 7.64. The predicted molar refractivity (Wildman–Crippen MR) is 163 cm³/mol. The van der Waals surface area contributed by atoms with Crippen LogP contribution in [0.1, 0.15) is 43.9 Å². The van der Waals surface area contributed by atoms with Crippen LogP contribution in [0.15, 0.2) is 35.3 Å². The number of carbonyl (C=O) groups excluding carboxylic acids is 3. The molecule has 2 amide bonds. The third-order valence-electron chi connectivity index (χ3n) is 7.40. The quantitative estimate of drug-likeness (QED) is 0.299. The summed E-state index contributed by atoms with van der Waals surface area (Å²) in [5, 5.41) is 3.79. The standard InChI is InChI=1S/C30H33ClF3N3O5.CH5N/c1-7-15(2)27(37-11-10-18-8-9-19(31)12-20(18)30(37)41)29(40)35-21(13-23(39)36(5)6)22(38)14-42-28-25(33)17(4)16(3)24(32)26(28)34;1-2/h8-12,15,21,27H,7,13-14H2,1-6H3,(H,35,40);2H2,1H3/t15-,21?,27?;/m0./s1. The minimum atomic E-state index is -1.60. The van der Waals surface area contributed by atoms with Crippen molar-refractivity contribution < 1.29 is 32.3 Å². The highest BCUT2D eigenvalue weighted by atomic mass is 35.5. The fraction of sp³-hybridized carbons (Fsp3) is 0.419. The maximum absolute atomic E-state index is 14.7. The molecule has 13 heteroatoms. The van der Waals surface area contributed by atoms with Gasteiger partial charge in [0.2, 0.25) is 17.6 Å². The van der Waals surface area contributed by atoms with Gasteiger partial charge >= 0.3 is 0 Å². The summed E-state index contributed by atoms with van der Waals surface area (Å²) in [6.07, 6.45) is 1.45. The summed E-state index contributed by atoms with van der Waals surface area (Å²) >= 11 is 6.09. The van der Waals surface area contributed by atoms with Crippen LogP contribution in [0.3, 0.4) is 0 Å². The smallest absolute Gasteiger partial charge is 0.259 e. The van der Waals surface area contributed by atoms with Crippen molar-refractivity contribution in [2.45, 2.75) is 52.6 Å². The number of hydrogen-bond donors (Lipinski definition) is 2. The van der Waals surface area contributed by atoms with Gasteiger partial charge in [-0.25, -0.2) is 8.78 Å². The van der Waals surface area contributed by atoms with E-state index in [9.17, 15) is 32.3 Å². The molecule has 3 aromatic rings. The molecule has 3 rings (SSSR count). The monoisotopic (exact) mass is 638 g/mol. The van der Waals surface area contributed by atoms with Crippen molar-refractivity contribution >= 4 is 40.0 Å². The Kier molecular flexibility index (Phi) is 13.0. The zero-order valence-corrected chi connectivity index (χ0v) is 26.5. The van der Waals surface area contributed by atoms with Crippen molar-refractivity contribution in [2.24, 2.45) is 11.7 Å². The summed E-state index contributed by atoms with van der Waals surface area (Å²) in [5.41, 5.74) is 3.59. The van der Waals surface area contributed by atoms with Crippen molar-refractivity contribution in [1.29, 1.82) is 0 Å². The summed E-state index contributed by atoms with van der Waals surface area (Å²) < 4.78 is 49.6. The van der Waals surface area contributed by atoms with Crippen LogP contribution in [0.25, 0.3) is 10.8 Å². The fourth-order valence-corrected chi connectivity index (χ4v) is 4.59. The molecule has 3 N–H and O–H groups in total. The highest BCUT2D eigenvalue weighted by Crippen LogP contribution is 2.30. The Morgan fingerprint density at radius 1 is 1.05 bits per heavy atom. The number of pyridine rings is 1. The number of nitrogens with zero attached hydrogens (tertiary/aromatic N) is 2. The Labute approximate surface area is 259 Å². The van der Waals surface area contributed by atoms with Crippen LogP contribution in [0.2, 0.25) is 5.02 Å². The van der Waals surface area contributed by atoms with E-state index in [2.05, 4.69) is 11.1 Å². The lowest BCUT2D eigenvalue weighted by Gasteiger charge is -2.27. The zero-order chi connectivity index (χ0) is 33.5. The number of ketones is 1. The highest BCUT2D eigenvalue weighted by molar-refractivity contribution is 6.31. The molecule has 2 unspecified atom stereocenters. The van der Waals surface area contributed by atoms with Gasteiger partial charge in [-0.05, 0) is 61.5 Å². The van der Waals surface area contributed by atoms with Gasteiger partial charge in [-0.1, -0.05) is 37.9 Å². The maximum atomic E-state index is 14.7. The first-order valence-electron chi connectivity index (χ1n) is 13.9. The van der Waals surface area contributed by atoms with Crippen LogP contribution < -0.4 is 21.3 Å². The van der Waals surface area contributed by atoms with E-state index < -0.39 is 77.4 Å². The molecule has 0 spiro atoms. The van der Waals surface area contributed by atoms with E-state index in [1.165, 1.54) is 56.7 Å². The van der Waals surface area contributed by atoms with Gasteiger partial charge in [0.05, 0.1) is 12.5 Å². The third kappa shape index (κ3) is 7.97. The number of aromatic nitrogens is 1. The lowest BCUT2D eigenvalue weighted by atomic mass is 9.96. The molecule has 1 heterocycles. The largest absolute Gasteiger partial charge is 0.480 e. The molecule has 0 aliphatic carbocycles. The number of hydrogen-bond acceptors (Lipinski definition) is 6. The molecule has 2 aromatic carbocycles. The molecule has 3 atom stereocenters. The highest BCUT2D eigenvalue weighted by Gasteiger charge is 2.33. The van der Waals surface area contributed by atoms with Crippen LogP contribution in [-0.4, -0.2) is 60.9 Å². The minimum absolute atomic E-state index is 0.192. The number of carbonyl (C=O) groups is 3. The van der Waals surface area contributed by atoms with E-state index in [0.717, 1.165) is 0 Å². The van der Waals surface area contributed by atoms with Crippen molar-refractivity contribution in [3.05, 3.63) is 74.4 Å². The molecule has 0 fully saturated rings. The molecule has 1 aromatic heterocycles. The first kappa shape index (κ1) is 36.3. The Bertz CT molecular complexity index is 1570. The Morgan fingerprint density at radius 2 is 1.66 bits per heavy atom. The van der Waals surface area contributed by atoms with Crippen LogP contribution in [0.5, 0.6) is 5.75 Å². The number of benzene rings is 2. The lowest BCUT2D eigenvalue weighted by molar-refractivity contribution is -0.135. The van der Waals surface area contributed by atoms with Crippen molar-refractivity contribution in [1.82, 2.24) is 14.8 Å². The van der Waals surface area contributed by atoms with Crippen LogP contribution in [0.4, 0.5) is 13.2 Å². The van der Waals surface area contributed by atoms with Crippen molar-refractivity contribution in [2.75, 3.05) is 27.7 Å². The molecular weight excluding hydrogens is 601 g/mol. The number of halogens is 4. The van der Waals surface area contributed by atoms with E-state index in [4.69, 9.17) is 16.3 Å². The van der Waals surface area contributed by atoms with E-state index in [-0.39, 0.29) is 11.1 Å². The van der Waals surface area contributed by atoms with E-state index >= 15 is 0 Å². The van der Waals surface area contributed by atoms with Gasteiger partial charge in [-0.15, -0.1) is 0 Å². The van der Waals surface area contributed by atoms with Crippen LogP contribution >= 0.6 is 11.6 Å². The van der Waals surface area contributed by atoms with Crippen LogP contribution in [-0.2, 0) is 14.4 Å². The molecule has 9 nitrogen and oxygen atoms in total. The summed E-state index contributed by atoms with van der Waals surface area (Å²) in [5.74, 6) is -7.70. The predicted octanol–water partition coefficient (Wildman–Crippen LogP) is 4.46. The van der Waals surface area contributed by atoms with Crippen LogP contribution in [0, 0.1) is 37.2 Å². The van der Waals surface area contributed by atoms with E-state index in [0.29, 0.717) is 22.2 Å². The summed E-state index contributed by atoms with van der Waals surface area (Å²) in [6, 6.07) is 3.90. The van der Waals surface area contributed by atoms with Gasteiger partial charge in [0.15, 0.2) is 23.2 Å². The Morgan fingerprint density at radius 3 is 2.25 bits per heavy atom. The van der Waals surface area contributed by atoms with Gasteiger partial charge < -0.3 is 25.3 Å². The van der Waals surface area contributed by atoms with Gasteiger partial charge in [0, 0.05) is 30.7 Å². The first-order valence-corrected chi connectivity index (χ1v) is 14.2. The summed E-state index contributed by atoms with van der Waals surface area (Å²) in [4.78, 5) is 54.1. The second kappa shape index (κ2) is 15.7. The number of nitrogens with two attached hydrogens (primary N) is 1. The van der Waals surface area contributed by atoms with E-state index in [1.807, 2.05) is 6.92 Å². The molecule has 0 aliphatic rings. The number of Topliss-reactive ketones (excluding diaryl/α,β-unsaturated/α-hetero) is 1. The molecule has 0 aliphatic heterocycles. The number of rotatable bonds is 11. The van der Waals surface area contributed by atoms with Crippen molar-refractivity contribution in [3.63, 3.8) is 0 Å². The average Bonchev–Trinajstić information content (AvgIpc) is 3.00. The topological polar surface area (TPSA) is 124 Å². The number of nitrogens with one attached hydrogen (secondary N) is 1. The molecule has 0 radical (unpaired) electrons. The number of ether oxygens (including phenoxy) is 1. The molecule has 0 saturated carbocycles. The van der Waals surface area contributed by atoms with Crippen molar-refractivity contribution in [3.8, 4) is 5.75 Å². The molecule has 240 valence electrons. The SMILES string of the molecule is CC[C@H](C)C(C(=O)NC(CC(=O)N(C)C)C(=O)COc1c(F)c(C)c(C)c(F)c1F)n1ccc2ccc(Cl)cc2c1=O.CN.